The van der Waals surface area contributed by atoms with Crippen molar-refractivity contribution >= 4 is 45.0 Å². The Morgan fingerprint density at radius 3 is 2.13 bits per heavy atom. The van der Waals surface area contributed by atoms with Crippen molar-refractivity contribution in [2.24, 2.45) is 11.8 Å². The second-order valence-corrected chi connectivity index (χ2v) is 9.28. The number of carbonyl (C=O) groups is 4. The van der Waals surface area contributed by atoms with Crippen LogP contribution < -0.4 is 4.90 Å². The topological polar surface area (TPSA) is 74.8 Å². The lowest BCUT2D eigenvalue weighted by Crippen LogP contribution is -2.59. The number of fused-ring (bicyclic) bond motifs is 6. The van der Waals surface area contributed by atoms with Crippen LogP contribution in [0.5, 0.6) is 0 Å². The third-order valence-corrected chi connectivity index (χ3v) is 7.69. The van der Waals surface area contributed by atoms with Crippen LogP contribution in [0.4, 0.5) is 5.69 Å². The summed E-state index contributed by atoms with van der Waals surface area (Å²) in [5, 5.41) is 0. The van der Waals surface area contributed by atoms with Crippen LogP contribution in [0.2, 0.25) is 0 Å². The summed E-state index contributed by atoms with van der Waals surface area (Å²) in [5.41, 5.74) is -0.406. The fourth-order valence-corrected chi connectivity index (χ4v) is 6.35. The van der Waals surface area contributed by atoms with Gasteiger partial charge in [0.15, 0.2) is 17.1 Å². The van der Waals surface area contributed by atoms with E-state index in [4.69, 9.17) is 0 Å². The van der Waals surface area contributed by atoms with Crippen LogP contribution in [0, 0.1) is 11.8 Å². The van der Waals surface area contributed by atoms with Crippen LogP contribution in [0.25, 0.3) is 0 Å². The first-order chi connectivity index (χ1) is 14.5. The number of carbonyl (C=O) groups excluding carboxylic acids is 4. The van der Waals surface area contributed by atoms with Gasteiger partial charge in [-0.1, -0.05) is 40.2 Å². The molecule has 150 valence electrons. The summed E-state index contributed by atoms with van der Waals surface area (Å²) in [6, 6.07) is 13.4. The molecule has 30 heavy (non-hydrogen) atoms. The van der Waals surface area contributed by atoms with Gasteiger partial charge in [-0.2, -0.15) is 0 Å². The number of benzene rings is 2. The van der Waals surface area contributed by atoms with Crippen molar-refractivity contribution in [2.75, 3.05) is 11.4 Å². The Morgan fingerprint density at radius 1 is 0.867 bits per heavy atom. The molecule has 2 amide bonds. The molecular formula is C23H17BrN2O4. The van der Waals surface area contributed by atoms with E-state index in [-0.39, 0.29) is 23.5 Å². The molecule has 0 aromatic heterocycles. The number of nitrogens with zero attached hydrogens (tertiary/aromatic N) is 2. The molecule has 0 N–H and O–H groups in total. The highest BCUT2D eigenvalue weighted by molar-refractivity contribution is 9.10. The van der Waals surface area contributed by atoms with Gasteiger partial charge in [-0.15, -0.1) is 0 Å². The van der Waals surface area contributed by atoms with Crippen molar-refractivity contribution in [3.05, 3.63) is 64.1 Å². The van der Waals surface area contributed by atoms with E-state index >= 15 is 0 Å². The smallest absolute Gasteiger partial charge is 0.240 e. The predicted molar refractivity (Wildman–Crippen MR) is 111 cm³/mol. The minimum Gasteiger partial charge on any atom is -0.291 e. The summed E-state index contributed by atoms with van der Waals surface area (Å²) in [6.07, 6.45) is 1.50. The molecule has 3 heterocycles. The maximum Gasteiger partial charge on any atom is 0.240 e. The minimum atomic E-state index is -1.59. The highest BCUT2D eigenvalue weighted by Crippen LogP contribution is 2.57. The molecule has 0 radical (unpaired) electrons. The van der Waals surface area contributed by atoms with Gasteiger partial charge in [0.2, 0.25) is 11.8 Å². The maximum atomic E-state index is 13.7. The lowest BCUT2D eigenvalue weighted by atomic mass is 9.76. The fourth-order valence-electron chi connectivity index (χ4n) is 6.08. The molecule has 7 heteroatoms. The Morgan fingerprint density at radius 2 is 1.50 bits per heavy atom. The third-order valence-electron chi connectivity index (χ3n) is 7.16. The molecule has 3 atom stereocenters. The normalized spacial score (nSPS) is 29.1. The molecule has 0 unspecified atom stereocenters. The first-order valence-corrected chi connectivity index (χ1v) is 10.9. The Kier molecular flexibility index (Phi) is 3.60. The van der Waals surface area contributed by atoms with Crippen LogP contribution in [0.3, 0.4) is 0 Å². The van der Waals surface area contributed by atoms with Gasteiger partial charge in [0.25, 0.3) is 0 Å². The number of rotatable bonds is 1. The second-order valence-electron chi connectivity index (χ2n) is 8.36. The van der Waals surface area contributed by atoms with E-state index in [1.54, 1.807) is 48.5 Å². The van der Waals surface area contributed by atoms with E-state index < -0.39 is 23.3 Å². The summed E-state index contributed by atoms with van der Waals surface area (Å²) < 4.78 is 0.834. The molecule has 3 fully saturated rings. The molecule has 0 saturated carbocycles. The SMILES string of the molecule is O=C1[C@H]2[C@@H](C(=O)N1c1ccc(Br)cc1)C1(C(=O)c3ccccc3C1=O)N1CCC[C@@H]21. The number of anilines is 1. The number of Topliss-reactive ketones (excluding diaryl/α,β-unsaturated/α-hetero) is 2. The largest absolute Gasteiger partial charge is 0.291 e. The summed E-state index contributed by atoms with van der Waals surface area (Å²) in [4.78, 5) is 57.6. The zero-order valence-electron chi connectivity index (χ0n) is 15.9. The number of hydrogen-bond donors (Lipinski definition) is 0. The molecule has 1 aliphatic carbocycles. The van der Waals surface area contributed by atoms with E-state index in [9.17, 15) is 19.2 Å². The molecule has 4 aliphatic rings. The maximum absolute atomic E-state index is 13.7. The van der Waals surface area contributed by atoms with Crippen LogP contribution in [0.15, 0.2) is 53.0 Å². The second kappa shape index (κ2) is 5.95. The van der Waals surface area contributed by atoms with Gasteiger partial charge in [0.05, 0.1) is 17.5 Å². The van der Waals surface area contributed by atoms with Crippen molar-refractivity contribution in [3.8, 4) is 0 Å². The Bertz CT molecular complexity index is 1120. The number of ketones is 2. The van der Waals surface area contributed by atoms with Crippen LogP contribution in [-0.2, 0) is 9.59 Å². The molecular weight excluding hydrogens is 448 g/mol. The molecule has 6 nitrogen and oxygen atoms in total. The van der Waals surface area contributed by atoms with E-state index in [1.807, 2.05) is 4.90 Å². The average Bonchev–Trinajstić information content (AvgIpc) is 3.44. The quantitative estimate of drug-likeness (QED) is 0.479. The minimum absolute atomic E-state index is 0.269. The Labute approximate surface area is 181 Å². The van der Waals surface area contributed by atoms with Crippen molar-refractivity contribution in [3.63, 3.8) is 0 Å². The van der Waals surface area contributed by atoms with Crippen molar-refractivity contribution in [2.45, 2.75) is 24.4 Å². The number of amides is 2. The Hall–Kier alpha value is -2.64. The third kappa shape index (κ3) is 1.93. The van der Waals surface area contributed by atoms with Gasteiger partial charge in [-0.3, -0.25) is 24.1 Å². The first kappa shape index (κ1) is 18.2. The van der Waals surface area contributed by atoms with Crippen molar-refractivity contribution in [1.29, 1.82) is 0 Å². The fraction of sp³-hybridized carbons (Fsp3) is 0.304. The van der Waals surface area contributed by atoms with E-state index in [0.717, 1.165) is 10.9 Å². The standard InChI is InChI=1S/C23H17BrN2O4/c24-12-7-9-13(10-8-12)26-21(29)17-16-6-3-11-25(16)23(18(17)22(26)30)19(27)14-4-1-2-5-15(14)20(23)28/h1-2,4-5,7-10,16-18H,3,6,11H2/t16-,17+,18-/m0/s1. The van der Waals surface area contributed by atoms with Gasteiger partial charge in [0, 0.05) is 21.6 Å². The molecule has 1 spiro atoms. The van der Waals surface area contributed by atoms with Crippen molar-refractivity contribution < 1.29 is 19.2 Å². The monoisotopic (exact) mass is 464 g/mol. The van der Waals surface area contributed by atoms with Crippen molar-refractivity contribution in [1.82, 2.24) is 4.90 Å². The highest BCUT2D eigenvalue weighted by Gasteiger charge is 2.76. The summed E-state index contributed by atoms with van der Waals surface area (Å²) in [7, 11) is 0. The van der Waals surface area contributed by atoms with Gasteiger partial charge < -0.3 is 0 Å². The molecule has 6 rings (SSSR count). The zero-order valence-corrected chi connectivity index (χ0v) is 17.5. The number of hydrogen-bond acceptors (Lipinski definition) is 5. The van der Waals surface area contributed by atoms with Crippen LogP contribution >= 0.6 is 15.9 Å². The van der Waals surface area contributed by atoms with E-state index in [1.165, 1.54) is 4.90 Å². The molecule has 3 saturated heterocycles. The lowest BCUT2D eigenvalue weighted by molar-refractivity contribution is -0.124. The van der Waals surface area contributed by atoms with Gasteiger partial charge >= 0.3 is 0 Å². The Balaban J connectivity index is 1.54. The molecule has 2 aromatic carbocycles. The first-order valence-electron chi connectivity index (χ1n) is 10.1. The predicted octanol–water partition coefficient (Wildman–Crippen LogP) is 2.85. The van der Waals surface area contributed by atoms with Gasteiger partial charge in [-0.25, -0.2) is 4.90 Å². The summed E-state index contributed by atoms with van der Waals surface area (Å²) in [5.74, 6) is -3.08. The van der Waals surface area contributed by atoms with Gasteiger partial charge in [0.1, 0.15) is 0 Å². The summed E-state index contributed by atoms with van der Waals surface area (Å²) >= 11 is 3.37. The zero-order chi connectivity index (χ0) is 20.8. The summed E-state index contributed by atoms with van der Waals surface area (Å²) in [6.45, 7) is 0.544. The van der Waals surface area contributed by atoms with Gasteiger partial charge in [-0.05, 0) is 43.7 Å². The molecule has 0 bridgehead atoms. The molecule has 3 aliphatic heterocycles. The highest BCUT2D eigenvalue weighted by atomic mass is 79.9. The van der Waals surface area contributed by atoms with E-state index in [2.05, 4.69) is 15.9 Å². The molecule has 2 aromatic rings. The van der Waals surface area contributed by atoms with Crippen LogP contribution in [0.1, 0.15) is 33.6 Å². The van der Waals surface area contributed by atoms with Crippen LogP contribution in [-0.4, -0.2) is 46.4 Å². The average molecular weight is 465 g/mol. The number of halogens is 1. The lowest BCUT2D eigenvalue weighted by Gasteiger charge is -2.35. The van der Waals surface area contributed by atoms with E-state index in [0.29, 0.717) is 29.8 Å². The number of imide groups is 1.